The number of H-pyrrole nitrogens is 1. The van der Waals surface area contributed by atoms with Crippen molar-refractivity contribution in [2.45, 2.75) is 25.4 Å². The Kier molecular flexibility index (Phi) is 3.64. The van der Waals surface area contributed by atoms with Crippen molar-refractivity contribution in [3.8, 4) is 0 Å². The van der Waals surface area contributed by atoms with E-state index in [1.807, 2.05) is 0 Å². The number of hydrogen-bond acceptors (Lipinski definition) is 4. The average Bonchev–Trinajstić information content (AvgIpc) is 2.68. The third-order valence-corrected chi connectivity index (χ3v) is 5.24. The van der Waals surface area contributed by atoms with Crippen LogP contribution in [0.4, 0.5) is 0 Å². The van der Waals surface area contributed by atoms with Crippen LogP contribution in [0, 0.1) is 5.92 Å². The zero-order valence-electron chi connectivity index (χ0n) is 10.4. The molecule has 1 aromatic heterocycles. The Labute approximate surface area is 119 Å². The number of rotatable bonds is 2. The van der Waals surface area contributed by atoms with Gasteiger partial charge in [0.2, 0.25) is 0 Å². The number of nitrogens with one attached hydrogen (secondary N) is 1. The molecule has 1 aromatic rings. The van der Waals surface area contributed by atoms with E-state index in [1.165, 1.54) is 19.3 Å². The van der Waals surface area contributed by atoms with Crippen molar-refractivity contribution in [1.29, 1.82) is 0 Å². The van der Waals surface area contributed by atoms with Crippen LogP contribution in [0.3, 0.4) is 0 Å². The van der Waals surface area contributed by atoms with Gasteiger partial charge in [0, 0.05) is 13.1 Å². The molecule has 1 aliphatic carbocycles. The molecular weight excluding hydrogens is 288 g/mol. The molecule has 0 radical (unpaired) electrons. The van der Waals surface area contributed by atoms with Crippen LogP contribution >= 0.6 is 23.1 Å². The quantitative estimate of drug-likeness (QED) is 0.905. The first-order chi connectivity index (χ1) is 9.16. The van der Waals surface area contributed by atoms with E-state index in [9.17, 15) is 9.59 Å². The van der Waals surface area contributed by atoms with Crippen LogP contribution in [-0.2, 0) is 4.74 Å². The van der Waals surface area contributed by atoms with Gasteiger partial charge in [-0.3, -0.25) is 14.0 Å². The minimum Gasteiger partial charge on any atom is -0.374 e. The minimum atomic E-state index is -0.390. The summed E-state index contributed by atoms with van der Waals surface area (Å²) >= 11 is 6.85. The lowest BCUT2D eigenvalue weighted by molar-refractivity contribution is -0.0658. The first kappa shape index (κ1) is 13.1. The number of aromatic nitrogens is 1. The molecule has 19 heavy (non-hydrogen) atoms. The molecule has 2 heterocycles. The summed E-state index contributed by atoms with van der Waals surface area (Å²) in [6.07, 6.45) is 3.76. The molecule has 1 saturated carbocycles. The Morgan fingerprint density at radius 2 is 2.26 bits per heavy atom. The monoisotopic (exact) mass is 302 g/mol. The number of carbonyl (C=O) groups is 1. The summed E-state index contributed by atoms with van der Waals surface area (Å²) in [6.45, 7) is 1.72. The molecule has 0 spiro atoms. The molecule has 1 amide bonds. The largest absolute Gasteiger partial charge is 0.374 e. The van der Waals surface area contributed by atoms with Crippen molar-refractivity contribution in [1.82, 2.24) is 9.27 Å². The van der Waals surface area contributed by atoms with Gasteiger partial charge in [-0.2, -0.15) is 0 Å². The lowest BCUT2D eigenvalue weighted by atomic mass is 9.80. The van der Waals surface area contributed by atoms with E-state index in [0.29, 0.717) is 30.5 Å². The fourth-order valence-corrected chi connectivity index (χ4v) is 3.52. The number of amides is 1. The summed E-state index contributed by atoms with van der Waals surface area (Å²) in [4.78, 5) is 25.7. The molecule has 5 nitrogen and oxygen atoms in total. The van der Waals surface area contributed by atoms with Gasteiger partial charge in [-0.05, 0) is 18.8 Å². The summed E-state index contributed by atoms with van der Waals surface area (Å²) in [5.41, 5.74) is -0.390. The number of halogens is 1. The van der Waals surface area contributed by atoms with Crippen LogP contribution < -0.4 is 5.56 Å². The lowest BCUT2D eigenvalue weighted by Crippen LogP contribution is -2.49. The topological polar surface area (TPSA) is 62.4 Å². The second-order valence-corrected chi connectivity index (χ2v) is 6.22. The lowest BCUT2D eigenvalue weighted by Gasteiger charge is -2.40. The third kappa shape index (κ3) is 2.44. The first-order valence-corrected chi connectivity index (χ1v) is 7.64. The molecular formula is C12H15ClN2O3S. The van der Waals surface area contributed by atoms with Crippen molar-refractivity contribution in [2.24, 2.45) is 5.92 Å². The Morgan fingerprint density at radius 3 is 2.84 bits per heavy atom. The summed E-state index contributed by atoms with van der Waals surface area (Å²) in [6, 6.07) is 0. The van der Waals surface area contributed by atoms with Gasteiger partial charge in [0.05, 0.1) is 12.7 Å². The smallest absolute Gasteiger partial charge is 0.277 e. The number of nitrogens with zero attached hydrogens (tertiary/aromatic N) is 1. The predicted octanol–water partition coefficient (Wildman–Crippen LogP) is 1.73. The fraction of sp³-hybridized carbons (Fsp3) is 0.667. The van der Waals surface area contributed by atoms with Crippen molar-refractivity contribution >= 4 is 29.0 Å². The van der Waals surface area contributed by atoms with E-state index in [0.717, 1.165) is 11.5 Å². The normalized spacial score (nSPS) is 24.3. The standard InChI is InChI=1S/C12H15ClN2O3S/c13-9-10(19-14-11(9)16)12(17)15-4-5-18-8(6-15)7-2-1-3-7/h7-8H,1-6H2,(H,14,16)/t8-/m0/s1. The predicted molar refractivity (Wildman–Crippen MR) is 72.9 cm³/mol. The highest BCUT2D eigenvalue weighted by Crippen LogP contribution is 2.33. The summed E-state index contributed by atoms with van der Waals surface area (Å²) < 4.78 is 8.23. The summed E-state index contributed by atoms with van der Waals surface area (Å²) in [7, 11) is 0. The highest BCUT2D eigenvalue weighted by molar-refractivity contribution is 7.08. The van der Waals surface area contributed by atoms with Gasteiger partial charge in [0.25, 0.3) is 11.5 Å². The molecule has 0 bridgehead atoms. The van der Waals surface area contributed by atoms with Crippen molar-refractivity contribution in [2.75, 3.05) is 19.7 Å². The van der Waals surface area contributed by atoms with Crippen LogP contribution in [0.25, 0.3) is 0 Å². The highest BCUT2D eigenvalue weighted by Gasteiger charge is 2.34. The zero-order chi connectivity index (χ0) is 13.4. The number of ether oxygens (including phenoxy) is 1. The first-order valence-electron chi connectivity index (χ1n) is 6.44. The van der Waals surface area contributed by atoms with Crippen molar-refractivity contribution in [3.63, 3.8) is 0 Å². The molecule has 7 heteroatoms. The van der Waals surface area contributed by atoms with Gasteiger partial charge in [0.15, 0.2) is 0 Å². The molecule has 2 fully saturated rings. The molecule has 0 aromatic carbocycles. The summed E-state index contributed by atoms with van der Waals surface area (Å²) in [5, 5.41) is 0.00156. The maximum Gasteiger partial charge on any atom is 0.277 e. The summed E-state index contributed by atoms with van der Waals surface area (Å²) in [5.74, 6) is 0.414. The highest BCUT2D eigenvalue weighted by atomic mass is 35.5. The number of aromatic amines is 1. The van der Waals surface area contributed by atoms with Crippen molar-refractivity contribution in [3.05, 3.63) is 20.3 Å². The Morgan fingerprint density at radius 1 is 1.47 bits per heavy atom. The third-order valence-electron chi connectivity index (χ3n) is 3.90. The SMILES string of the molecule is O=C(c1s[nH]c(=O)c1Cl)N1CCO[C@H](C2CCC2)C1. The Balaban J connectivity index is 1.72. The van der Waals surface area contributed by atoms with Crippen molar-refractivity contribution < 1.29 is 9.53 Å². The molecule has 0 unspecified atom stereocenters. The van der Waals surface area contributed by atoms with Crippen LogP contribution in [0.2, 0.25) is 5.02 Å². The van der Waals surface area contributed by atoms with Crippen LogP contribution in [0.15, 0.2) is 4.79 Å². The second kappa shape index (κ2) is 5.26. The fourth-order valence-electron chi connectivity index (χ4n) is 2.53. The Hall–Kier alpha value is -0.850. The maximum atomic E-state index is 12.3. The van der Waals surface area contributed by atoms with Crippen LogP contribution in [0.1, 0.15) is 28.9 Å². The Bertz CT molecular complexity index is 537. The number of morpholine rings is 1. The zero-order valence-corrected chi connectivity index (χ0v) is 11.9. The van der Waals surface area contributed by atoms with Gasteiger partial charge in [-0.1, -0.05) is 29.6 Å². The van der Waals surface area contributed by atoms with E-state index < -0.39 is 0 Å². The minimum absolute atomic E-state index is 0.00156. The maximum absolute atomic E-state index is 12.3. The van der Waals surface area contributed by atoms with E-state index >= 15 is 0 Å². The second-order valence-electron chi connectivity index (χ2n) is 5.03. The molecule has 2 aliphatic rings. The molecule has 1 atom stereocenters. The van der Waals surface area contributed by atoms with Crippen LogP contribution in [0.5, 0.6) is 0 Å². The van der Waals surface area contributed by atoms with E-state index in [1.54, 1.807) is 4.90 Å². The van der Waals surface area contributed by atoms with Crippen LogP contribution in [-0.4, -0.2) is 41.0 Å². The molecule has 104 valence electrons. The molecule has 1 aliphatic heterocycles. The number of hydrogen-bond donors (Lipinski definition) is 1. The van der Waals surface area contributed by atoms with E-state index in [-0.39, 0.29) is 22.6 Å². The van der Waals surface area contributed by atoms with Gasteiger partial charge in [0.1, 0.15) is 9.90 Å². The van der Waals surface area contributed by atoms with Gasteiger partial charge in [-0.15, -0.1) is 0 Å². The van der Waals surface area contributed by atoms with Gasteiger partial charge >= 0.3 is 0 Å². The molecule has 3 rings (SSSR count). The molecule has 1 saturated heterocycles. The van der Waals surface area contributed by atoms with Gasteiger partial charge in [-0.25, -0.2) is 0 Å². The van der Waals surface area contributed by atoms with Gasteiger partial charge < -0.3 is 9.64 Å². The average molecular weight is 303 g/mol. The number of carbonyl (C=O) groups excluding carboxylic acids is 1. The van der Waals surface area contributed by atoms with E-state index in [2.05, 4.69) is 4.37 Å². The molecule has 1 N–H and O–H groups in total. The van der Waals surface area contributed by atoms with E-state index in [4.69, 9.17) is 16.3 Å².